The van der Waals surface area contributed by atoms with E-state index in [0.717, 1.165) is 44.7 Å². The van der Waals surface area contributed by atoms with E-state index in [4.69, 9.17) is 4.42 Å². The van der Waals surface area contributed by atoms with E-state index >= 15 is 0 Å². The maximum absolute atomic E-state index is 6.58. The summed E-state index contributed by atoms with van der Waals surface area (Å²) in [5.74, 6) is 0. The number of furan rings is 1. The number of fused-ring (bicyclic) bond motifs is 9. The molecule has 8 aromatic carbocycles. The summed E-state index contributed by atoms with van der Waals surface area (Å²) in [6.45, 7) is 0. The van der Waals surface area contributed by atoms with Crippen LogP contribution in [-0.4, -0.2) is 4.57 Å². The Morgan fingerprint density at radius 3 is 1.98 bits per heavy atom. The van der Waals surface area contributed by atoms with E-state index in [2.05, 4.69) is 173 Å². The second-order valence-electron chi connectivity index (χ2n) is 12.9. The van der Waals surface area contributed by atoms with Crippen LogP contribution in [0.25, 0.3) is 82.5 Å². The van der Waals surface area contributed by atoms with Crippen molar-refractivity contribution in [3.63, 3.8) is 0 Å². The largest absolute Gasteiger partial charge is 0.454 e. The van der Waals surface area contributed by atoms with Gasteiger partial charge in [0.1, 0.15) is 5.58 Å². The number of benzene rings is 8. The molecule has 0 bridgehead atoms. The lowest BCUT2D eigenvalue weighted by molar-refractivity contribution is 0.669. The van der Waals surface area contributed by atoms with Crippen molar-refractivity contribution in [3.05, 3.63) is 170 Å². The zero-order valence-electron chi connectivity index (χ0n) is 26.5. The summed E-state index contributed by atoms with van der Waals surface area (Å²) in [6, 6.07) is 61.3. The number of rotatable bonds is 3. The number of aromatic nitrogens is 1. The van der Waals surface area contributed by atoms with E-state index in [0.29, 0.717) is 0 Å². The number of hydrogen-bond acceptors (Lipinski definition) is 2. The van der Waals surface area contributed by atoms with E-state index in [1.54, 1.807) is 0 Å². The fraction of sp³-hybridized carbons (Fsp3) is 0. The predicted octanol–water partition coefficient (Wildman–Crippen LogP) is 13.0. The Morgan fingerprint density at radius 1 is 0.388 bits per heavy atom. The van der Waals surface area contributed by atoms with Crippen molar-refractivity contribution in [1.29, 1.82) is 0 Å². The molecule has 1 aliphatic rings. The topological polar surface area (TPSA) is 21.3 Å². The highest BCUT2D eigenvalue weighted by molar-refractivity contribution is 6.19. The highest BCUT2D eigenvalue weighted by Crippen LogP contribution is 2.51. The van der Waals surface area contributed by atoms with Crippen molar-refractivity contribution < 1.29 is 4.42 Å². The molecule has 3 nitrogen and oxygen atoms in total. The van der Waals surface area contributed by atoms with Crippen LogP contribution in [0.15, 0.2) is 174 Å². The first kappa shape index (κ1) is 26.5. The number of anilines is 3. The standard InChI is InChI=1S/C46H28N2O/c1-2-15-33-29(11-1)12-8-17-34(33)32-14-7-13-30(27-32)31-25-26-39-38(28-31)36-18-9-22-42-45(36)48(39)41-21-5-4-20-40(41)47(42)43-23-10-19-37-35-16-3-6-24-44(35)49-46(37)43/h1-28H. The summed E-state index contributed by atoms with van der Waals surface area (Å²) >= 11 is 0. The lowest BCUT2D eigenvalue weighted by Crippen LogP contribution is -2.18. The van der Waals surface area contributed by atoms with Crippen LogP contribution in [0, 0.1) is 0 Å². The van der Waals surface area contributed by atoms with Crippen LogP contribution in [0.4, 0.5) is 17.1 Å². The molecule has 228 valence electrons. The van der Waals surface area contributed by atoms with Crippen molar-refractivity contribution in [3.8, 4) is 27.9 Å². The molecular weight excluding hydrogens is 597 g/mol. The molecule has 0 radical (unpaired) electrons. The molecule has 0 saturated carbocycles. The summed E-state index contributed by atoms with van der Waals surface area (Å²) in [6.07, 6.45) is 0. The Hall–Kier alpha value is -6.58. The van der Waals surface area contributed by atoms with Crippen molar-refractivity contribution in [2.24, 2.45) is 0 Å². The number of nitrogens with zero attached hydrogens (tertiary/aromatic N) is 2. The van der Waals surface area contributed by atoms with Gasteiger partial charge >= 0.3 is 0 Å². The van der Waals surface area contributed by atoms with Gasteiger partial charge in [0.15, 0.2) is 5.58 Å². The average molecular weight is 625 g/mol. The molecule has 0 saturated heterocycles. The van der Waals surface area contributed by atoms with Crippen molar-refractivity contribution >= 4 is 71.6 Å². The van der Waals surface area contributed by atoms with Crippen LogP contribution >= 0.6 is 0 Å². The molecule has 1 aliphatic heterocycles. The summed E-state index contributed by atoms with van der Waals surface area (Å²) in [7, 11) is 0. The summed E-state index contributed by atoms with van der Waals surface area (Å²) in [4.78, 5) is 2.38. The molecule has 10 aromatic rings. The molecule has 3 heteroatoms. The highest BCUT2D eigenvalue weighted by atomic mass is 16.3. The smallest absolute Gasteiger partial charge is 0.159 e. The van der Waals surface area contributed by atoms with Crippen LogP contribution in [0.3, 0.4) is 0 Å². The van der Waals surface area contributed by atoms with Crippen LogP contribution in [-0.2, 0) is 0 Å². The van der Waals surface area contributed by atoms with Gasteiger partial charge in [-0.1, -0.05) is 121 Å². The second-order valence-corrected chi connectivity index (χ2v) is 12.9. The first-order valence-electron chi connectivity index (χ1n) is 16.8. The van der Waals surface area contributed by atoms with Crippen LogP contribution < -0.4 is 4.90 Å². The van der Waals surface area contributed by atoms with E-state index < -0.39 is 0 Å². The van der Waals surface area contributed by atoms with Gasteiger partial charge in [-0.2, -0.15) is 0 Å². The molecule has 11 rings (SSSR count). The molecular formula is C46H28N2O. The van der Waals surface area contributed by atoms with Gasteiger partial charge in [-0.25, -0.2) is 0 Å². The van der Waals surface area contributed by atoms with Gasteiger partial charge in [0.05, 0.1) is 33.8 Å². The van der Waals surface area contributed by atoms with E-state index in [-0.39, 0.29) is 0 Å². The van der Waals surface area contributed by atoms with Gasteiger partial charge < -0.3 is 13.9 Å². The minimum atomic E-state index is 0.897. The minimum absolute atomic E-state index is 0.897. The van der Waals surface area contributed by atoms with Crippen LogP contribution in [0.2, 0.25) is 0 Å². The normalized spacial score (nSPS) is 12.4. The zero-order chi connectivity index (χ0) is 32.1. The van der Waals surface area contributed by atoms with Crippen LogP contribution in [0.5, 0.6) is 0 Å². The Morgan fingerprint density at radius 2 is 1.04 bits per heavy atom. The molecule has 0 fully saturated rings. The van der Waals surface area contributed by atoms with E-state index in [1.807, 2.05) is 6.07 Å². The van der Waals surface area contributed by atoms with Gasteiger partial charge in [-0.15, -0.1) is 0 Å². The van der Waals surface area contributed by atoms with Gasteiger partial charge in [0.25, 0.3) is 0 Å². The van der Waals surface area contributed by atoms with Crippen molar-refractivity contribution in [1.82, 2.24) is 4.57 Å². The fourth-order valence-electron chi connectivity index (χ4n) is 8.14. The summed E-state index contributed by atoms with van der Waals surface area (Å²) < 4.78 is 9.02. The molecule has 2 aromatic heterocycles. The molecule has 0 N–H and O–H groups in total. The van der Waals surface area contributed by atoms with E-state index in [9.17, 15) is 0 Å². The average Bonchev–Trinajstić information content (AvgIpc) is 3.72. The summed E-state index contributed by atoms with van der Waals surface area (Å²) in [5.41, 5.74) is 13.5. The maximum atomic E-state index is 6.58. The Labute approximate surface area is 282 Å². The van der Waals surface area contributed by atoms with Gasteiger partial charge in [-0.3, -0.25) is 0 Å². The van der Waals surface area contributed by atoms with Gasteiger partial charge in [-0.05, 0) is 81.6 Å². The highest BCUT2D eigenvalue weighted by Gasteiger charge is 2.30. The first-order chi connectivity index (χ1) is 24.3. The first-order valence-corrected chi connectivity index (χ1v) is 16.8. The molecule has 49 heavy (non-hydrogen) atoms. The molecule has 0 amide bonds. The molecule has 0 aliphatic carbocycles. The fourth-order valence-corrected chi connectivity index (χ4v) is 8.14. The van der Waals surface area contributed by atoms with Crippen LogP contribution in [0.1, 0.15) is 0 Å². The minimum Gasteiger partial charge on any atom is -0.454 e. The van der Waals surface area contributed by atoms with Crippen molar-refractivity contribution in [2.75, 3.05) is 4.90 Å². The summed E-state index contributed by atoms with van der Waals surface area (Å²) in [5, 5.41) is 7.26. The maximum Gasteiger partial charge on any atom is 0.159 e. The number of para-hydroxylation sites is 5. The predicted molar refractivity (Wildman–Crippen MR) is 205 cm³/mol. The molecule has 3 heterocycles. The van der Waals surface area contributed by atoms with Gasteiger partial charge in [0, 0.05) is 21.5 Å². The van der Waals surface area contributed by atoms with Crippen molar-refractivity contribution in [2.45, 2.75) is 0 Å². The number of hydrogen-bond donors (Lipinski definition) is 0. The Kier molecular flexibility index (Phi) is 5.38. The quantitative estimate of drug-likeness (QED) is 0.195. The third kappa shape index (κ3) is 3.73. The Balaban J connectivity index is 1.13. The molecule has 0 spiro atoms. The monoisotopic (exact) mass is 624 g/mol. The molecule has 0 atom stereocenters. The van der Waals surface area contributed by atoms with E-state index in [1.165, 1.54) is 54.8 Å². The third-order valence-corrected chi connectivity index (χ3v) is 10.3. The van der Waals surface area contributed by atoms with Gasteiger partial charge in [0.2, 0.25) is 0 Å². The lowest BCUT2D eigenvalue weighted by Gasteiger charge is -2.33. The zero-order valence-corrected chi connectivity index (χ0v) is 26.5. The molecule has 0 unspecified atom stereocenters. The third-order valence-electron chi connectivity index (χ3n) is 10.3. The Bertz CT molecular complexity index is 2960. The lowest BCUT2D eigenvalue weighted by atomic mass is 9.95. The second kappa shape index (κ2) is 9.96. The SMILES string of the molecule is c1cc(-c2ccc3c(c2)c2cccc4c2n3-c2ccccc2N4c2cccc3c2oc2ccccc23)cc(-c2cccc3ccccc23)c1.